The molecule has 0 fully saturated rings. The summed E-state index contributed by atoms with van der Waals surface area (Å²) in [5.41, 5.74) is 0.615. The van der Waals surface area contributed by atoms with E-state index in [0.717, 1.165) is 0 Å². The average molecular weight is 203 g/mol. The summed E-state index contributed by atoms with van der Waals surface area (Å²) >= 11 is 0. The van der Waals surface area contributed by atoms with Crippen LogP contribution in [0.15, 0.2) is 51.0 Å². The van der Waals surface area contributed by atoms with Gasteiger partial charge in [0.05, 0.1) is 6.54 Å². The predicted molar refractivity (Wildman–Crippen MR) is 52.3 cm³/mol. The molecule has 1 heterocycles. The number of carbonyl (C=O) groups is 1. The minimum atomic E-state index is -0.377. The fourth-order valence-electron chi connectivity index (χ4n) is 1.15. The Balaban J connectivity index is 1.88. The van der Waals surface area contributed by atoms with Crippen LogP contribution in [-0.4, -0.2) is 18.6 Å². The first-order valence-corrected chi connectivity index (χ1v) is 4.49. The molecule has 1 N–H and O–H groups in total. The van der Waals surface area contributed by atoms with Crippen LogP contribution >= 0.6 is 0 Å². The number of hydrogen-bond donors (Lipinski definition) is 1. The highest BCUT2D eigenvalue weighted by Crippen LogP contribution is 2.03. The van der Waals surface area contributed by atoms with E-state index in [2.05, 4.69) is 26.0 Å². The molecule has 76 valence electrons. The first-order chi connectivity index (χ1) is 7.36. The van der Waals surface area contributed by atoms with Gasteiger partial charge in [0.1, 0.15) is 0 Å². The summed E-state index contributed by atoms with van der Waals surface area (Å²) < 4.78 is 0. The average Bonchev–Trinajstić information content (AvgIpc) is 2.80. The Morgan fingerprint density at radius 3 is 2.53 bits per heavy atom. The molecule has 1 aromatic carbocycles. The maximum Gasteiger partial charge on any atom is 0.251 e. The highest BCUT2D eigenvalue weighted by molar-refractivity contribution is 5.94. The summed E-state index contributed by atoms with van der Waals surface area (Å²) in [5.74, 6) is -0.145. The molecule has 15 heavy (non-hydrogen) atoms. The van der Waals surface area contributed by atoms with Gasteiger partial charge in [-0.25, -0.2) is 0 Å². The van der Waals surface area contributed by atoms with Crippen molar-refractivity contribution in [1.82, 2.24) is 5.32 Å². The standard InChI is InChI=1S/C9H9N5O/c15-9(7-4-2-1-3-5-7)10-6-8-11-13-14-12-8/h1-5,8H,6H2,(H,10,15). The molecule has 0 radical (unpaired) electrons. The van der Waals surface area contributed by atoms with Crippen molar-refractivity contribution in [2.24, 2.45) is 20.7 Å². The number of nitrogens with zero attached hydrogens (tertiary/aromatic N) is 4. The Morgan fingerprint density at radius 1 is 1.20 bits per heavy atom. The molecule has 1 amide bonds. The van der Waals surface area contributed by atoms with E-state index in [0.29, 0.717) is 12.1 Å². The summed E-state index contributed by atoms with van der Waals surface area (Å²) in [4.78, 5) is 11.5. The topological polar surface area (TPSA) is 78.5 Å². The zero-order valence-electron chi connectivity index (χ0n) is 7.87. The summed E-state index contributed by atoms with van der Waals surface area (Å²) in [6.45, 7) is 0.320. The van der Waals surface area contributed by atoms with E-state index in [4.69, 9.17) is 0 Å². The molecule has 2 rings (SSSR count). The Bertz CT molecular complexity index is 388. The third-order valence-electron chi connectivity index (χ3n) is 1.89. The molecular weight excluding hydrogens is 194 g/mol. The number of benzene rings is 1. The van der Waals surface area contributed by atoms with Gasteiger partial charge < -0.3 is 5.32 Å². The molecule has 6 heteroatoms. The van der Waals surface area contributed by atoms with E-state index >= 15 is 0 Å². The molecule has 0 aromatic heterocycles. The Kier molecular flexibility index (Phi) is 2.77. The lowest BCUT2D eigenvalue weighted by Crippen LogP contribution is -2.29. The van der Waals surface area contributed by atoms with E-state index < -0.39 is 0 Å². The van der Waals surface area contributed by atoms with Crippen molar-refractivity contribution in [3.63, 3.8) is 0 Å². The van der Waals surface area contributed by atoms with Crippen LogP contribution in [0.25, 0.3) is 0 Å². The zero-order chi connectivity index (χ0) is 10.5. The Labute approximate surface area is 86.1 Å². The van der Waals surface area contributed by atoms with Crippen LogP contribution in [-0.2, 0) is 0 Å². The lowest BCUT2D eigenvalue weighted by molar-refractivity contribution is 0.0951. The molecule has 6 nitrogen and oxygen atoms in total. The van der Waals surface area contributed by atoms with E-state index in [-0.39, 0.29) is 12.1 Å². The van der Waals surface area contributed by atoms with Gasteiger partial charge >= 0.3 is 0 Å². The van der Waals surface area contributed by atoms with E-state index in [1.54, 1.807) is 12.1 Å². The van der Waals surface area contributed by atoms with Crippen molar-refractivity contribution < 1.29 is 4.79 Å². The lowest BCUT2D eigenvalue weighted by atomic mass is 10.2. The van der Waals surface area contributed by atoms with Crippen LogP contribution < -0.4 is 5.32 Å². The fourth-order valence-corrected chi connectivity index (χ4v) is 1.15. The van der Waals surface area contributed by atoms with Gasteiger partial charge in [-0.2, -0.15) is 0 Å². The number of hydrogen-bond acceptors (Lipinski definition) is 5. The molecule has 0 saturated carbocycles. The molecule has 1 aliphatic rings. The summed E-state index contributed by atoms with van der Waals surface area (Å²) in [5, 5.41) is 16.7. The first-order valence-electron chi connectivity index (χ1n) is 4.49. The molecule has 0 aliphatic carbocycles. The quantitative estimate of drug-likeness (QED) is 0.795. The summed E-state index contributed by atoms with van der Waals surface area (Å²) in [7, 11) is 0. The monoisotopic (exact) mass is 203 g/mol. The smallest absolute Gasteiger partial charge is 0.251 e. The SMILES string of the molecule is O=C(NCC1N=NN=N1)c1ccccc1. The van der Waals surface area contributed by atoms with Gasteiger partial charge in [0.2, 0.25) is 6.17 Å². The highest BCUT2D eigenvalue weighted by atomic mass is 16.1. The largest absolute Gasteiger partial charge is 0.348 e. The summed E-state index contributed by atoms with van der Waals surface area (Å²) in [6, 6.07) is 8.96. The van der Waals surface area contributed by atoms with Crippen LogP contribution in [0, 0.1) is 0 Å². The number of rotatable bonds is 3. The molecule has 1 aromatic rings. The number of amides is 1. The molecule has 0 saturated heterocycles. The van der Waals surface area contributed by atoms with Gasteiger partial charge in [-0.1, -0.05) is 18.2 Å². The molecule has 0 atom stereocenters. The van der Waals surface area contributed by atoms with Gasteiger partial charge in [-0.05, 0) is 22.6 Å². The molecular formula is C9H9N5O. The minimum absolute atomic E-state index is 0.145. The predicted octanol–water partition coefficient (Wildman–Crippen LogP) is 1.58. The van der Waals surface area contributed by atoms with Gasteiger partial charge in [0, 0.05) is 5.56 Å². The van der Waals surface area contributed by atoms with Gasteiger partial charge in [0.15, 0.2) is 0 Å². The maximum atomic E-state index is 11.5. The van der Waals surface area contributed by atoms with Crippen LogP contribution in [0.3, 0.4) is 0 Å². The Hall–Kier alpha value is -2.11. The van der Waals surface area contributed by atoms with Crippen LogP contribution in [0.5, 0.6) is 0 Å². The van der Waals surface area contributed by atoms with Crippen LogP contribution in [0.1, 0.15) is 10.4 Å². The lowest BCUT2D eigenvalue weighted by Gasteiger charge is -2.04. The summed E-state index contributed by atoms with van der Waals surface area (Å²) in [6.07, 6.45) is -0.377. The normalized spacial score (nSPS) is 14.4. The van der Waals surface area contributed by atoms with Crippen molar-refractivity contribution in [2.75, 3.05) is 6.54 Å². The van der Waals surface area contributed by atoms with Crippen molar-refractivity contribution in [3.8, 4) is 0 Å². The van der Waals surface area contributed by atoms with E-state index in [1.165, 1.54) is 0 Å². The van der Waals surface area contributed by atoms with Crippen molar-refractivity contribution in [1.29, 1.82) is 0 Å². The van der Waals surface area contributed by atoms with Crippen molar-refractivity contribution >= 4 is 5.91 Å². The Morgan fingerprint density at radius 2 is 1.87 bits per heavy atom. The highest BCUT2D eigenvalue weighted by Gasteiger charge is 2.11. The molecule has 0 spiro atoms. The molecule has 0 unspecified atom stereocenters. The van der Waals surface area contributed by atoms with Gasteiger partial charge in [-0.3, -0.25) is 4.79 Å². The third kappa shape index (κ3) is 2.43. The van der Waals surface area contributed by atoms with Crippen LogP contribution in [0.4, 0.5) is 0 Å². The second kappa shape index (κ2) is 4.41. The van der Waals surface area contributed by atoms with Crippen molar-refractivity contribution in [3.05, 3.63) is 35.9 Å². The second-order valence-electron chi connectivity index (χ2n) is 2.97. The number of nitrogens with one attached hydrogen (secondary N) is 1. The van der Waals surface area contributed by atoms with E-state index in [1.807, 2.05) is 18.2 Å². The van der Waals surface area contributed by atoms with Crippen molar-refractivity contribution in [2.45, 2.75) is 6.17 Å². The number of carbonyl (C=O) groups excluding carboxylic acids is 1. The van der Waals surface area contributed by atoms with Gasteiger partial charge in [0.25, 0.3) is 5.91 Å². The van der Waals surface area contributed by atoms with E-state index in [9.17, 15) is 4.79 Å². The fraction of sp³-hybridized carbons (Fsp3) is 0.222. The van der Waals surface area contributed by atoms with Gasteiger partial charge in [-0.15, -0.1) is 10.2 Å². The van der Waals surface area contributed by atoms with Crippen LogP contribution in [0.2, 0.25) is 0 Å². The first kappa shape index (κ1) is 9.45. The second-order valence-corrected chi connectivity index (χ2v) is 2.97. The third-order valence-corrected chi connectivity index (χ3v) is 1.89. The molecule has 1 aliphatic heterocycles. The maximum absolute atomic E-state index is 11.5. The molecule has 0 bridgehead atoms. The minimum Gasteiger partial charge on any atom is -0.348 e. The zero-order valence-corrected chi connectivity index (χ0v) is 7.87.